The van der Waals surface area contributed by atoms with E-state index in [1.165, 1.54) is 16.4 Å². The second kappa shape index (κ2) is 10.8. The predicted molar refractivity (Wildman–Crippen MR) is 153 cm³/mol. The lowest BCUT2D eigenvalue weighted by molar-refractivity contribution is -0.113. The van der Waals surface area contributed by atoms with Crippen LogP contribution in [0.1, 0.15) is 16.1 Å². The van der Waals surface area contributed by atoms with Crippen molar-refractivity contribution in [2.45, 2.75) is 11.8 Å². The van der Waals surface area contributed by atoms with Gasteiger partial charge in [-0.15, -0.1) is 11.8 Å². The quantitative estimate of drug-likeness (QED) is 0.272. The van der Waals surface area contributed by atoms with Gasteiger partial charge in [-0.05, 0) is 66.2 Å². The Labute approximate surface area is 224 Å². The summed E-state index contributed by atoms with van der Waals surface area (Å²) >= 11 is 1.35. The Balaban J connectivity index is 1.19. The molecule has 7 nitrogen and oxygen atoms in total. The zero-order chi connectivity index (χ0) is 26.6. The molecule has 4 aromatic carbocycles. The first-order valence-electron chi connectivity index (χ1n) is 12.1. The van der Waals surface area contributed by atoms with Crippen LogP contribution in [-0.4, -0.2) is 26.9 Å². The molecule has 0 saturated heterocycles. The highest BCUT2D eigenvalue weighted by molar-refractivity contribution is 8.00. The van der Waals surface area contributed by atoms with Gasteiger partial charge < -0.3 is 10.6 Å². The van der Waals surface area contributed by atoms with Crippen LogP contribution in [0.2, 0.25) is 0 Å². The van der Waals surface area contributed by atoms with Crippen LogP contribution < -0.4 is 16.2 Å². The van der Waals surface area contributed by atoms with Gasteiger partial charge in [0.2, 0.25) is 5.91 Å². The van der Waals surface area contributed by atoms with Crippen molar-refractivity contribution in [3.8, 4) is 5.69 Å². The van der Waals surface area contributed by atoms with Crippen molar-refractivity contribution in [2.75, 3.05) is 16.4 Å². The van der Waals surface area contributed by atoms with Gasteiger partial charge in [-0.2, -0.15) is 0 Å². The van der Waals surface area contributed by atoms with E-state index in [1.807, 2.05) is 84.9 Å². The van der Waals surface area contributed by atoms with Crippen molar-refractivity contribution in [2.24, 2.45) is 7.05 Å². The number of thioether (sulfide) groups is 1. The molecule has 0 aliphatic carbocycles. The Hall–Kier alpha value is -4.56. The second-order valence-corrected chi connectivity index (χ2v) is 9.86. The Morgan fingerprint density at radius 3 is 2.24 bits per heavy atom. The van der Waals surface area contributed by atoms with Gasteiger partial charge in [-0.3, -0.25) is 19.1 Å². The van der Waals surface area contributed by atoms with E-state index < -0.39 is 0 Å². The molecule has 0 aliphatic rings. The van der Waals surface area contributed by atoms with Crippen LogP contribution in [0.4, 0.5) is 11.4 Å². The number of amides is 2. The third-order valence-corrected chi connectivity index (χ3v) is 7.32. The normalized spacial score (nSPS) is 10.9. The van der Waals surface area contributed by atoms with E-state index >= 15 is 0 Å². The third kappa shape index (κ3) is 5.26. The first-order chi connectivity index (χ1) is 18.4. The van der Waals surface area contributed by atoms with E-state index in [0.717, 1.165) is 21.4 Å². The monoisotopic (exact) mass is 522 g/mol. The number of hydrogen-bond donors (Lipinski definition) is 2. The highest BCUT2D eigenvalue weighted by atomic mass is 32.2. The van der Waals surface area contributed by atoms with Crippen LogP contribution in [-0.2, 0) is 11.8 Å². The SMILES string of the molecule is Cc1c(NC(=O)CSc2ccc(NC(=O)c3ccc4ccccc4c3)cc2)c(=O)n(-c2ccccc2)n1C. The molecule has 0 unspecified atom stereocenters. The van der Waals surface area contributed by atoms with Crippen molar-refractivity contribution in [3.63, 3.8) is 0 Å². The van der Waals surface area contributed by atoms with E-state index in [9.17, 15) is 14.4 Å². The van der Waals surface area contributed by atoms with Crippen LogP contribution >= 0.6 is 11.8 Å². The zero-order valence-electron chi connectivity index (χ0n) is 21.0. The zero-order valence-corrected chi connectivity index (χ0v) is 21.8. The summed E-state index contributed by atoms with van der Waals surface area (Å²) in [6.07, 6.45) is 0. The van der Waals surface area contributed by atoms with Gasteiger partial charge >= 0.3 is 0 Å². The lowest BCUT2D eigenvalue weighted by Crippen LogP contribution is -2.23. The van der Waals surface area contributed by atoms with Crippen LogP contribution in [0.3, 0.4) is 0 Å². The summed E-state index contributed by atoms with van der Waals surface area (Å²) in [6, 6.07) is 30.1. The van der Waals surface area contributed by atoms with Crippen LogP contribution in [0.25, 0.3) is 16.5 Å². The topological polar surface area (TPSA) is 85.1 Å². The number of rotatable bonds is 7. The molecule has 0 bridgehead atoms. The molecule has 5 aromatic rings. The molecule has 8 heteroatoms. The fraction of sp³-hybridized carbons (Fsp3) is 0.100. The number of nitrogens with one attached hydrogen (secondary N) is 2. The molecule has 2 amide bonds. The Bertz CT molecular complexity index is 1690. The van der Waals surface area contributed by atoms with Gasteiger partial charge in [0.15, 0.2) is 0 Å². The van der Waals surface area contributed by atoms with Crippen LogP contribution in [0, 0.1) is 6.92 Å². The summed E-state index contributed by atoms with van der Waals surface area (Å²) in [5.74, 6) is -0.313. The van der Waals surface area contributed by atoms with Crippen LogP contribution in [0.15, 0.2) is 107 Å². The number of hydrogen-bond acceptors (Lipinski definition) is 4. The molecule has 0 atom stereocenters. The molecule has 190 valence electrons. The van der Waals surface area contributed by atoms with Crippen LogP contribution in [0.5, 0.6) is 0 Å². The average molecular weight is 523 g/mol. The molecular formula is C30H26N4O3S. The maximum atomic E-state index is 13.0. The maximum absolute atomic E-state index is 13.0. The van der Waals surface area contributed by atoms with Crippen molar-refractivity contribution < 1.29 is 9.59 Å². The van der Waals surface area contributed by atoms with E-state index in [1.54, 1.807) is 30.8 Å². The highest BCUT2D eigenvalue weighted by Gasteiger charge is 2.18. The number of nitrogens with zero attached hydrogens (tertiary/aromatic N) is 2. The van der Waals surface area contributed by atoms with Gasteiger partial charge in [-0.25, -0.2) is 4.68 Å². The summed E-state index contributed by atoms with van der Waals surface area (Å²) < 4.78 is 3.26. The Kier molecular flexibility index (Phi) is 7.15. The highest BCUT2D eigenvalue weighted by Crippen LogP contribution is 2.22. The minimum atomic E-state index is -0.277. The molecule has 0 fully saturated rings. The summed E-state index contributed by atoms with van der Waals surface area (Å²) in [5, 5.41) is 7.78. The summed E-state index contributed by atoms with van der Waals surface area (Å²) in [4.78, 5) is 39.2. The fourth-order valence-electron chi connectivity index (χ4n) is 4.20. The Morgan fingerprint density at radius 1 is 0.816 bits per heavy atom. The third-order valence-electron chi connectivity index (χ3n) is 6.31. The molecule has 1 aromatic heterocycles. The summed E-state index contributed by atoms with van der Waals surface area (Å²) in [5.41, 5.74) is 2.64. The molecule has 0 spiro atoms. The lowest BCUT2D eigenvalue weighted by Gasteiger charge is -2.08. The van der Waals surface area contributed by atoms with Crippen molar-refractivity contribution in [1.29, 1.82) is 0 Å². The first-order valence-corrected chi connectivity index (χ1v) is 13.1. The van der Waals surface area contributed by atoms with E-state index in [-0.39, 0.29) is 28.8 Å². The second-order valence-electron chi connectivity index (χ2n) is 8.81. The minimum Gasteiger partial charge on any atom is -0.322 e. The van der Waals surface area contributed by atoms with Crippen molar-refractivity contribution in [3.05, 3.63) is 119 Å². The molecule has 2 N–H and O–H groups in total. The van der Waals surface area contributed by atoms with Gasteiger partial charge in [0.05, 0.1) is 17.1 Å². The standard InChI is InChI=1S/C30H26N4O3S/c1-20-28(30(37)34(33(20)2)25-10-4-3-5-11-25)32-27(35)19-38-26-16-14-24(15-17-26)31-29(36)23-13-12-21-8-6-7-9-22(21)18-23/h3-18H,19H2,1-2H3,(H,31,36)(H,32,35). The Morgan fingerprint density at radius 2 is 1.50 bits per heavy atom. The predicted octanol–water partition coefficient (Wildman–Crippen LogP) is 5.62. The molecule has 0 saturated carbocycles. The first kappa shape index (κ1) is 25.1. The molecule has 38 heavy (non-hydrogen) atoms. The van der Waals surface area contributed by atoms with Gasteiger partial charge in [0, 0.05) is 23.2 Å². The molecule has 5 rings (SSSR count). The molecule has 0 aliphatic heterocycles. The maximum Gasteiger partial charge on any atom is 0.295 e. The number of benzene rings is 4. The summed E-state index contributed by atoms with van der Waals surface area (Å²) in [7, 11) is 1.79. The van der Waals surface area contributed by atoms with Crippen molar-refractivity contribution >= 4 is 45.7 Å². The smallest absolute Gasteiger partial charge is 0.295 e. The number of carbonyl (C=O) groups excluding carboxylic acids is 2. The van der Waals surface area contributed by atoms with E-state index in [0.29, 0.717) is 16.9 Å². The molecule has 0 radical (unpaired) electrons. The number of anilines is 2. The lowest BCUT2D eigenvalue weighted by atomic mass is 10.1. The average Bonchev–Trinajstić information content (AvgIpc) is 3.15. The molecule has 1 heterocycles. The number of fused-ring (bicyclic) bond motifs is 1. The molecular weight excluding hydrogens is 496 g/mol. The van der Waals surface area contributed by atoms with Crippen molar-refractivity contribution in [1.82, 2.24) is 9.36 Å². The largest absolute Gasteiger partial charge is 0.322 e. The number of aromatic nitrogens is 2. The van der Waals surface area contributed by atoms with Gasteiger partial charge in [0.1, 0.15) is 5.69 Å². The fourth-order valence-corrected chi connectivity index (χ4v) is 4.90. The van der Waals surface area contributed by atoms with Gasteiger partial charge in [0.25, 0.3) is 11.5 Å². The van der Waals surface area contributed by atoms with E-state index in [4.69, 9.17) is 0 Å². The number of para-hydroxylation sites is 1. The summed E-state index contributed by atoms with van der Waals surface area (Å²) in [6.45, 7) is 1.80. The van der Waals surface area contributed by atoms with E-state index in [2.05, 4.69) is 10.6 Å². The minimum absolute atomic E-state index is 0.141. The number of carbonyl (C=O) groups is 2. The van der Waals surface area contributed by atoms with Gasteiger partial charge in [-0.1, -0.05) is 48.5 Å².